The zero-order chi connectivity index (χ0) is 26.1. The molecule has 0 aliphatic heterocycles. The van der Waals surface area contributed by atoms with Crippen LogP contribution in [0.1, 0.15) is 57.8 Å². The molecule has 10 heteroatoms. The predicted octanol–water partition coefficient (Wildman–Crippen LogP) is 4.00. The molecular weight excluding hydrogens is 500 g/mol. The lowest BCUT2D eigenvalue weighted by Crippen LogP contribution is -2.24. The van der Waals surface area contributed by atoms with Crippen LogP contribution >= 0.6 is 0 Å². The summed E-state index contributed by atoms with van der Waals surface area (Å²) >= 11 is 0. The molecule has 0 heterocycles. The average Bonchev–Trinajstić information content (AvgIpc) is 2.83. The van der Waals surface area contributed by atoms with Gasteiger partial charge in [-0.15, -0.1) is 0 Å². The van der Waals surface area contributed by atoms with Gasteiger partial charge in [0, 0.05) is 11.7 Å². The molecule has 4 aliphatic carbocycles. The van der Waals surface area contributed by atoms with Gasteiger partial charge in [-0.2, -0.15) is 16.8 Å². The van der Waals surface area contributed by atoms with E-state index >= 15 is 0 Å². The van der Waals surface area contributed by atoms with E-state index in [1.54, 1.807) is 12.2 Å². The van der Waals surface area contributed by atoms with Gasteiger partial charge in [0.25, 0.3) is 20.2 Å². The summed E-state index contributed by atoms with van der Waals surface area (Å²) < 4.78 is 65.8. The van der Waals surface area contributed by atoms with Crippen LogP contribution in [0.15, 0.2) is 81.0 Å². The lowest BCUT2D eigenvalue weighted by atomic mass is 9.73. The third kappa shape index (κ3) is 6.18. The Bertz CT molecular complexity index is 1340. The second-order valence-electron chi connectivity index (χ2n) is 9.91. The molecule has 0 radical (unpaired) electrons. The lowest BCUT2D eigenvalue weighted by Gasteiger charge is -2.32. The molecule has 0 aromatic carbocycles. The van der Waals surface area contributed by atoms with Gasteiger partial charge in [-0.3, -0.25) is 9.11 Å². The largest absolute Gasteiger partial charge is 0.402 e. The van der Waals surface area contributed by atoms with E-state index in [0.29, 0.717) is 6.42 Å². The van der Waals surface area contributed by atoms with Gasteiger partial charge >= 0.3 is 0 Å². The monoisotopic (exact) mass is 534 g/mol. The van der Waals surface area contributed by atoms with Crippen LogP contribution < -0.4 is 11.5 Å². The maximum Gasteiger partial charge on any atom is 0.290 e. The van der Waals surface area contributed by atoms with Crippen molar-refractivity contribution in [3.8, 4) is 0 Å². The van der Waals surface area contributed by atoms with Gasteiger partial charge in [0.2, 0.25) is 0 Å². The van der Waals surface area contributed by atoms with Crippen molar-refractivity contribution >= 4 is 20.2 Å². The highest BCUT2D eigenvalue weighted by Gasteiger charge is 2.31. The Morgan fingerprint density at radius 2 is 1.64 bits per heavy atom. The molecule has 0 aromatic rings. The Morgan fingerprint density at radius 1 is 0.861 bits per heavy atom. The molecule has 0 bridgehead atoms. The number of hydrogen-bond acceptors (Lipinski definition) is 6. The van der Waals surface area contributed by atoms with Crippen molar-refractivity contribution in [1.82, 2.24) is 0 Å². The molecule has 0 amide bonds. The molecule has 3 atom stereocenters. The summed E-state index contributed by atoms with van der Waals surface area (Å²) in [5.74, 6) is 0.143. The number of allylic oxidation sites excluding steroid dienone is 12. The van der Waals surface area contributed by atoms with Gasteiger partial charge < -0.3 is 11.5 Å². The minimum absolute atomic E-state index is 0.00411. The van der Waals surface area contributed by atoms with Crippen molar-refractivity contribution < 1.29 is 25.9 Å². The summed E-state index contributed by atoms with van der Waals surface area (Å²) in [6.07, 6.45) is 18.1. The van der Waals surface area contributed by atoms with E-state index in [2.05, 4.69) is 6.08 Å². The molecule has 36 heavy (non-hydrogen) atoms. The molecular formula is C26H34N2O6S2. The maximum atomic E-state index is 11.7. The van der Waals surface area contributed by atoms with Crippen molar-refractivity contribution in [3.05, 3.63) is 81.0 Å². The summed E-state index contributed by atoms with van der Waals surface area (Å²) in [5, 5.41) is -0.980. The van der Waals surface area contributed by atoms with E-state index < -0.39 is 25.5 Å². The highest BCUT2D eigenvalue weighted by Crippen LogP contribution is 2.44. The Morgan fingerprint density at radius 3 is 2.14 bits per heavy atom. The van der Waals surface area contributed by atoms with Crippen molar-refractivity contribution in [3.63, 3.8) is 0 Å². The first-order valence-corrected chi connectivity index (χ1v) is 15.2. The first-order chi connectivity index (χ1) is 16.9. The number of hydrogen-bond donors (Lipinski definition) is 4. The van der Waals surface area contributed by atoms with E-state index in [0.717, 1.165) is 72.1 Å². The SMILES string of the molecule is NC1=CCC(/C(C2=CC=C(S(=O)(=O)O)CC2)=C(\C2=CCC(S(=O)(=O)O)C=C2)C2=CCC(N)CC2)CC1. The van der Waals surface area contributed by atoms with E-state index in [1.165, 1.54) is 12.2 Å². The standard InChI is InChI=1S/C26H34N2O6S2/c27-21-9-1-17(2-10-21)25(19-5-13-23(14-6-19)35(29,30)31)26(18-3-11-22(28)12-4-18)20-7-15-24(16-8-20)36(32,33)34/h1,5-7,11,13,15,18,21,23H,2-4,8-10,12,14,16,27-28H2,(H,29,30,31)(H,32,33,34)/b26-25+. The Hall–Kier alpha value is -2.24. The van der Waals surface area contributed by atoms with Crippen molar-refractivity contribution in [1.29, 1.82) is 0 Å². The van der Waals surface area contributed by atoms with Gasteiger partial charge in [-0.1, -0.05) is 36.5 Å². The molecule has 8 nitrogen and oxygen atoms in total. The summed E-state index contributed by atoms with van der Waals surface area (Å²) in [7, 11) is -8.44. The molecule has 0 fully saturated rings. The van der Waals surface area contributed by atoms with Gasteiger partial charge in [0.1, 0.15) is 5.25 Å². The van der Waals surface area contributed by atoms with Crippen molar-refractivity contribution in [2.75, 3.05) is 0 Å². The molecule has 6 N–H and O–H groups in total. The molecule has 4 aliphatic rings. The third-order valence-electron chi connectivity index (χ3n) is 7.42. The van der Waals surface area contributed by atoms with Gasteiger partial charge in [0.15, 0.2) is 0 Å². The van der Waals surface area contributed by atoms with Crippen LogP contribution in [0.5, 0.6) is 0 Å². The van der Waals surface area contributed by atoms with Crippen LogP contribution in [0.4, 0.5) is 0 Å². The van der Waals surface area contributed by atoms with E-state index in [-0.39, 0.29) is 29.7 Å². The Labute approximate surface area is 213 Å². The van der Waals surface area contributed by atoms with Crippen LogP contribution in [0.2, 0.25) is 0 Å². The van der Waals surface area contributed by atoms with Crippen molar-refractivity contribution in [2.45, 2.75) is 69.1 Å². The van der Waals surface area contributed by atoms with E-state index in [9.17, 15) is 25.9 Å². The first kappa shape index (κ1) is 26.8. The molecule has 0 saturated heterocycles. The zero-order valence-electron chi connectivity index (χ0n) is 20.1. The van der Waals surface area contributed by atoms with Gasteiger partial charge in [0.05, 0.1) is 4.91 Å². The van der Waals surface area contributed by atoms with Crippen LogP contribution in [-0.2, 0) is 20.2 Å². The van der Waals surface area contributed by atoms with Gasteiger partial charge in [-0.25, -0.2) is 0 Å². The van der Waals surface area contributed by atoms with Gasteiger partial charge in [-0.05, 0) is 97.6 Å². The normalized spacial score (nSPS) is 28.3. The molecule has 3 unspecified atom stereocenters. The third-order valence-corrected chi connectivity index (χ3v) is 9.53. The van der Waals surface area contributed by atoms with E-state index in [4.69, 9.17) is 11.5 Å². The predicted molar refractivity (Wildman–Crippen MR) is 141 cm³/mol. The molecule has 196 valence electrons. The summed E-state index contributed by atoms with van der Waals surface area (Å²) in [4.78, 5) is -0.00411. The summed E-state index contributed by atoms with van der Waals surface area (Å²) in [5.41, 5.74) is 18.3. The smallest absolute Gasteiger partial charge is 0.290 e. The second kappa shape index (κ2) is 10.6. The second-order valence-corrected chi connectivity index (χ2v) is 13.0. The first-order valence-electron chi connectivity index (χ1n) is 12.3. The zero-order valence-corrected chi connectivity index (χ0v) is 21.8. The fraction of sp³-hybridized carbons (Fsp3) is 0.462. The topological polar surface area (TPSA) is 161 Å². The van der Waals surface area contributed by atoms with Crippen molar-refractivity contribution in [2.24, 2.45) is 17.4 Å². The molecule has 0 aromatic heterocycles. The Kier molecular flexibility index (Phi) is 7.92. The summed E-state index contributed by atoms with van der Waals surface area (Å²) in [6.45, 7) is 0. The van der Waals surface area contributed by atoms with Crippen LogP contribution in [0.25, 0.3) is 0 Å². The number of nitrogens with two attached hydrogens (primary N) is 2. The fourth-order valence-corrected chi connectivity index (χ4v) is 6.62. The van der Waals surface area contributed by atoms with Crippen LogP contribution in [-0.4, -0.2) is 37.2 Å². The Balaban J connectivity index is 1.89. The number of rotatable bonds is 6. The van der Waals surface area contributed by atoms with E-state index in [1.807, 2.05) is 12.2 Å². The molecule has 0 saturated carbocycles. The average molecular weight is 535 g/mol. The maximum absolute atomic E-state index is 11.7. The van der Waals surface area contributed by atoms with Crippen LogP contribution in [0.3, 0.4) is 0 Å². The summed E-state index contributed by atoms with van der Waals surface area (Å²) in [6, 6.07) is 0.0878. The minimum Gasteiger partial charge on any atom is -0.402 e. The lowest BCUT2D eigenvalue weighted by molar-refractivity contribution is 0.474. The van der Waals surface area contributed by atoms with Crippen LogP contribution in [0, 0.1) is 5.92 Å². The molecule has 0 spiro atoms. The minimum atomic E-state index is -4.25. The highest BCUT2D eigenvalue weighted by atomic mass is 32.2. The fourth-order valence-electron chi connectivity index (χ4n) is 5.40. The molecule has 4 rings (SSSR count). The quantitative estimate of drug-likeness (QED) is 0.372. The highest BCUT2D eigenvalue weighted by molar-refractivity contribution is 7.89.